The first kappa shape index (κ1) is 13.6. The summed E-state index contributed by atoms with van der Waals surface area (Å²) in [7, 11) is 0. The van der Waals surface area contributed by atoms with E-state index in [1.807, 2.05) is 24.3 Å². The third-order valence-electron chi connectivity index (χ3n) is 3.55. The highest BCUT2D eigenvalue weighted by Crippen LogP contribution is 2.42. The summed E-state index contributed by atoms with van der Waals surface area (Å²) in [6, 6.07) is 7.57. The molecule has 0 unspecified atom stereocenters. The van der Waals surface area contributed by atoms with Crippen molar-refractivity contribution in [1.82, 2.24) is 0 Å². The fraction of sp³-hybridized carbons (Fsp3) is 0.467. The molecule has 1 atom stereocenters. The van der Waals surface area contributed by atoms with Crippen molar-refractivity contribution in [1.29, 1.82) is 0 Å². The zero-order valence-corrected chi connectivity index (χ0v) is 11.5. The van der Waals surface area contributed by atoms with Crippen molar-refractivity contribution < 1.29 is 10.2 Å². The summed E-state index contributed by atoms with van der Waals surface area (Å²) < 4.78 is 0. The van der Waals surface area contributed by atoms with Gasteiger partial charge in [0.25, 0.3) is 0 Å². The lowest BCUT2D eigenvalue weighted by Gasteiger charge is -2.36. The van der Waals surface area contributed by atoms with Crippen molar-refractivity contribution in [2.75, 3.05) is 6.61 Å². The molecule has 98 valence electrons. The molecule has 0 bridgehead atoms. The van der Waals surface area contributed by atoms with Crippen LogP contribution in [0, 0.1) is 5.41 Å². The molecular formula is C15H19ClO2. The Kier molecular flexibility index (Phi) is 3.81. The lowest BCUT2D eigenvalue weighted by Crippen LogP contribution is -2.30. The molecule has 0 spiro atoms. The first-order valence-corrected chi connectivity index (χ1v) is 6.57. The van der Waals surface area contributed by atoms with Crippen LogP contribution in [-0.2, 0) is 0 Å². The minimum absolute atomic E-state index is 0.0487. The van der Waals surface area contributed by atoms with Gasteiger partial charge < -0.3 is 10.2 Å². The Bertz CT molecular complexity index is 460. The SMILES string of the molecule is CC1(C)CC(c2ccc(Cl)cc2)=C(CO)[C@@H](O)C1. The lowest BCUT2D eigenvalue weighted by molar-refractivity contribution is 0.121. The van der Waals surface area contributed by atoms with Gasteiger partial charge in [0, 0.05) is 5.02 Å². The average Bonchev–Trinajstić information content (AvgIpc) is 2.28. The molecule has 3 heteroatoms. The van der Waals surface area contributed by atoms with Gasteiger partial charge in [-0.15, -0.1) is 0 Å². The summed E-state index contributed by atoms with van der Waals surface area (Å²) >= 11 is 5.89. The summed E-state index contributed by atoms with van der Waals surface area (Å²) in [6.45, 7) is 4.19. The summed E-state index contributed by atoms with van der Waals surface area (Å²) in [6.07, 6.45) is 1.01. The third kappa shape index (κ3) is 2.77. The highest BCUT2D eigenvalue weighted by Gasteiger charge is 2.33. The molecule has 1 aromatic rings. The van der Waals surface area contributed by atoms with Crippen LogP contribution < -0.4 is 0 Å². The van der Waals surface area contributed by atoms with Gasteiger partial charge in [0.2, 0.25) is 0 Å². The Labute approximate surface area is 113 Å². The molecule has 0 aliphatic heterocycles. The molecule has 0 aromatic heterocycles. The van der Waals surface area contributed by atoms with Crippen LogP contribution in [0.15, 0.2) is 29.8 Å². The second-order valence-electron chi connectivity index (χ2n) is 5.73. The van der Waals surface area contributed by atoms with Gasteiger partial charge in [-0.2, -0.15) is 0 Å². The number of rotatable bonds is 2. The number of benzene rings is 1. The standard InChI is InChI=1S/C15H19ClO2/c1-15(2)7-12(13(9-17)14(18)8-15)10-3-5-11(16)6-4-10/h3-6,14,17-18H,7-9H2,1-2H3/t14-/m0/s1. The molecule has 2 nitrogen and oxygen atoms in total. The molecule has 0 saturated carbocycles. The summed E-state index contributed by atoms with van der Waals surface area (Å²) in [4.78, 5) is 0. The molecule has 18 heavy (non-hydrogen) atoms. The molecule has 2 rings (SSSR count). The van der Waals surface area contributed by atoms with Crippen molar-refractivity contribution in [3.63, 3.8) is 0 Å². The molecule has 1 aromatic carbocycles. The zero-order valence-electron chi connectivity index (χ0n) is 10.8. The molecule has 0 heterocycles. The van der Waals surface area contributed by atoms with Crippen molar-refractivity contribution in [3.05, 3.63) is 40.4 Å². The quantitative estimate of drug-likeness (QED) is 0.863. The Morgan fingerprint density at radius 1 is 1.28 bits per heavy atom. The first-order chi connectivity index (χ1) is 8.43. The fourth-order valence-electron chi connectivity index (χ4n) is 2.65. The Hall–Kier alpha value is -0.830. The Morgan fingerprint density at radius 2 is 1.89 bits per heavy atom. The molecule has 1 aliphatic rings. The molecule has 0 saturated heterocycles. The van der Waals surface area contributed by atoms with Crippen LogP contribution in [-0.4, -0.2) is 22.9 Å². The Balaban J connectivity index is 2.46. The zero-order chi connectivity index (χ0) is 13.3. The van der Waals surface area contributed by atoms with Crippen LogP contribution in [0.4, 0.5) is 0 Å². The maximum atomic E-state index is 10.1. The maximum Gasteiger partial charge on any atom is 0.0783 e. The predicted octanol–water partition coefficient (Wildman–Crippen LogP) is 3.27. The average molecular weight is 267 g/mol. The van der Waals surface area contributed by atoms with Gasteiger partial charge in [-0.3, -0.25) is 0 Å². The van der Waals surface area contributed by atoms with E-state index in [0.717, 1.165) is 23.1 Å². The highest BCUT2D eigenvalue weighted by molar-refractivity contribution is 6.30. The van der Waals surface area contributed by atoms with Gasteiger partial charge in [0.05, 0.1) is 12.7 Å². The number of hydrogen-bond donors (Lipinski definition) is 2. The third-order valence-corrected chi connectivity index (χ3v) is 3.81. The number of hydrogen-bond acceptors (Lipinski definition) is 2. The van der Waals surface area contributed by atoms with E-state index in [1.165, 1.54) is 0 Å². The topological polar surface area (TPSA) is 40.5 Å². The molecule has 0 fully saturated rings. The van der Waals surface area contributed by atoms with Gasteiger partial charge in [-0.1, -0.05) is 37.6 Å². The van der Waals surface area contributed by atoms with Crippen LogP contribution in [0.2, 0.25) is 5.02 Å². The van der Waals surface area contributed by atoms with Gasteiger partial charge in [0.1, 0.15) is 0 Å². The van der Waals surface area contributed by atoms with Gasteiger partial charge >= 0.3 is 0 Å². The molecule has 2 N–H and O–H groups in total. The minimum Gasteiger partial charge on any atom is -0.392 e. The van der Waals surface area contributed by atoms with Gasteiger partial charge in [-0.25, -0.2) is 0 Å². The van der Waals surface area contributed by atoms with Crippen LogP contribution >= 0.6 is 11.6 Å². The maximum absolute atomic E-state index is 10.1. The first-order valence-electron chi connectivity index (χ1n) is 6.20. The molecule has 1 aliphatic carbocycles. The van der Waals surface area contributed by atoms with Gasteiger partial charge in [-0.05, 0) is 47.1 Å². The van der Waals surface area contributed by atoms with E-state index in [1.54, 1.807) is 0 Å². The van der Waals surface area contributed by atoms with Crippen molar-refractivity contribution in [2.24, 2.45) is 5.41 Å². The fourth-order valence-corrected chi connectivity index (χ4v) is 2.78. The summed E-state index contributed by atoms with van der Waals surface area (Å²) in [5, 5.41) is 20.3. The van der Waals surface area contributed by atoms with E-state index in [9.17, 15) is 10.2 Å². The van der Waals surface area contributed by atoms with Crippen molar-refractivity contribution in [2.45, 2.75) is 32.8 Å². The van der Waals surface area contributed by atoms with E-state index in [0.29, 0.717) is 11.4 Å². The molecule has 0 radical (unpaired) electrons. The predicted molar refractivity (Wildman–Crippen MR) is 74.5 cm³/mol. The lowest BCUT2D eigenvalue weighted by atomic mass is 9.71. The van der Waals surface area contributed by atoms with Crippen LogP contribution in [0.3, 0.4) is 0 Å². The second kappa shape index (κ2) is 5.04. The highest BCUT2D eigenvalue weighted by atomic mass is 35.5. The minimum atomic E-state index is -0.551. The molecule has 0 amide bonds. The smallest absolute Gasteiger partial charge is 0.0783 e. The summed E-state index contributed by atoms with van der Waals surface area (Å²) in [5.41, 5.74) is 2.89. The van der Waals surface area contributed by atoms with Crippen LogP contribution in [0.25, 0.3) is 5.57 Å². The normalized spacial score (nSPS) is 23.3. The molecular weight excluding hydrogens is 248 g/mol. The monoisotopic (exact) mass is 266 g/mol. The number of halogens is 1. The van der Waals surface area contributed by atoms with Crippen LogP contribution in [0.1, 0.15) is 32.3 Å². The van der Waals surface area contributed by atoms with E-state index < -0.39 is 6.10 Å². The van der Waals surface area contributed by atoms with E-state index >= 15 is 0 Å². The van der Waals surface area contributed by atoms with E-state index in [2.05, 4.69) is 13.8 Å². The van der Waals surface area contributed by atoms with E-state index in [4.69, 9.17) is 11.6 Å². The van der Waals surface area contributed by atoms with Crippen molar-refractivity contribution in [3.8, 4) is 0 Å². The second-order valence-corrected chi connectivity index (χ2v) is 6.17. The number of aliphatic hydroxyl groups excluding tert-OH is 2. The van der Waals surface area contributed by atoms with Crippen LogP contribution in [0.5, 0.6) is 0 Å². The van der Waals surface area contributed by atoms with Gasteiger partial charge in [0.15, 0.2) is 0 Å². The van der Waals surface area contributed by atoms with Crippen molar-refractivity contribution >= 4 is 17.2 Å². The Morgan fingerprint density at radius 3 is 2.44 bits per heavy atom. The summed E-state index contributed by atoms with van der Waals surface area (Å²) in [5.74, 6) is 0. The number of aliphatic hydroxyl groups is 2. The largest absolute Gasteiger partial charge is 0.392 e. The number of allylic oxidation sites excluding steroid dienone is 1. The van der Waals surface area contributed by atoms with E-state index in [-0.39, 0.29) is 12.0 Å².